The van der Waals surface area contributed by atoms with Crippen molar-refractivity contribution in [1.29, 1.82) is 0 Å². The van der Waals surface area contributed by atoms with Gasteiger partial charge >= 0.3 is 10.6 Å². The van der Waals surface area contributed by atoms with Gasteiger partial charge in [-0.1, -0.05) is 7.77 Å². The predicted octanol–water partition coefficient (Wildman–Crippen LogP) is -1.09. The van der Waals surface area contributed by atoms with Gasteiger partial charge in [0, 0.05) is 11.3 Å². The average molecular weight is 182 g/mol. The van der Waals surface area contributed by atoms with Gasteiger partial charge in [0.15, 0.2) is 0 Å². The van der Waals surface area contributed by atoms with Crippen molar-refractivity contribution in [2.24, 2.45) is 5.14 Å². The van der Waals surface area contributed by atoms with E-state index >= 15 is 0 Å². The van der Waals surface area contributed by atoms with E-state index in [0.717, 1.165) is 0 Å². The molecule has 0 fully saturated rings. The molecule has 0 aliphatic rings. The Hall–Kier alpha value is -0.120. The summed E-state index contributed by atoms with van der Waals surface area (Å²) in [6, 6.07) is 0. The standard InChI is InChI=1S/F2O2S.H3NO2S/c1-5(2,3)4;1-4(2)3/h;1H2,(H,2,3)/p-1. The fraction of sp³-hybridized carbons (Fsp3) is 0. The fourth-order valence-corrected chi connectivity index (χ4v) is 0. The fourth-order valence-electron chi connectivity index (χ4n) is 0. The largest absolute Gasteiger partial charge is 0.760 e. The molecule has 0 bridgehead atoms. The molecule has 1 atom stereocenters. The zero-order valence-electron chi connectivity index (χ0n) is 3.78. The molecule has 0 aromatic rings. The lowest BCUT2D eigenvalue weighted by Gasteiger charge is -1.85. The molecule has 9 heteroatoms. The van der Waals surface area contributed by atoms with Gasteiger partial charge in [-0.2, -0.15) is 8.42 Å². The van der Waals surface area contributed by atoms with Crippen LogP contribution in [0.2, 0.25) is 0 Å². The van der Waals surface area contributed by atoms with Crippen LogP contribution in [0.15, 0.2) is 0 Å². The van der Waals surface area contributed by atoms with Crippen LogP contribution in [0.4, 0.5) is 7.77 Å². The first-order valence-electron chi connectivity index (χ1n) is 1.21. The Balaban J connectivity index is 0. The molecule has 2 N–H and O–H groups in total. The average Bonchev–Trinajstić information content (AvgIpc) is 1.19. The summed E-state index contributed by atoms with van der Waals surface area (Å²) in [6.07, 6.45) is 0. The zero-order chi connectivity index (χ0) is 8.08. The van der Waals surface area contributed by atoms with E-state index in [1.54, 1.807) is 0 Å². The van der Waals surface area contributed by atoms with Crippen molar-refractivity contribution >= 4 is 21.9 Å². The van der Waals surface area contributed by atoms with Crippen molar-refractivity contribution < 1.29 is 25.0 Å². The molecule has 5 nitrogen and oxygen atoms in total. The molecule has 0 amide bonds. The molecule has 0 aromatic carbocycles. The van der Waals surface area contributed by atoms with Gasteiger partial charge in [-0.25, -0.2) is 0 Å². The molecule has 0 rings (SSSR count). The normalized spacial score (nSPS) is 13.3. The maximum Gasteiger partial charge on any atom is 0.476 e. The minimum absolute atomic E-state index is 2.36. The first kappa shape index (κ1) is 11.6. The third-order valence-corrected chi connectivity index (χ3v) is 0. The summed E-state index contributed by atoms with van der Waals surface area (Å²) >= 11 is -2.36. The third kappa shape index (κ3) is 18900. The minimum atomic E-state index is -5.67. The Morgan fingerprint density at radius 1 is 1.44 bits per heavy atom. The second kappa shape index (κ2) is 4.73. The van der Waals surface area contributed by atoms with E-state index in [4.69, 9.17) is 17.2 Å². The van der Waals surface area contributed by atoms with Crippen LogP contribution in [-0.4, -0.2) is 17.2 Å². The van der Waals surface area contributed by atoms with Crippen LogP contribution >= 0.6 is 0 Å². The van der Waals surface area contributed by atoms with Crippen LogP contribution in [0, 0.1) is 0 Å². The van der Waals surface area contributed by atoms with Gasteiger partial charge in [0.05, 0.1) is 0 Å². The number of rotatable bonds is 0. The second-order valence-electron chi connectivity index (χ2n) is 0.639. The van der Waals surface area contributed by atoms with Crippen LogP contribution in [0.1, 0.15) is 0 Å². The van der Waals surface area contributed by atoms with E-state index in [0.29, 0.717) is 0 Å². The highest BCUT2D eigenvalue weighted by Crippen LogP contribution is 1.85. The van der Waals surface area contributed by atoms with Crippen molar-refractivity contribution in [3.05, 3.63) is 0 Å². The molecule has 0 saturated heterocycles. The Morgan fingerprint density at radius 3 is 1.44 bits per heavy atom. The number of hydrogen-bond donors (Lipinski definition) is 1. The van der Waals surface area contributed by atoms with Crippen molar-refractivity contribution in [1.82, 2.24) is 0 Å². The van der Waals surface area contributed by atoms with E-state index in [1.165, 1.54) is 0 Å². The summed E-state index contributed by atoms with van der Waals surface area (Å²) in [5, 5.41) is 4.03. The number of halogens is 2. The topological polar surface area (TPSA) is 100 Å². The lowest BCUT2D eigenvalue weighted by atomic mass is 13.9. The molecule has 0 aromatic heterocycles. The summed E-state index contributed by atoms with van der Waals surface area (Å²) in [5.41, 5.74) is 0. The van der Waals surface area contributed by atoms with Crippen molar-refractivity contribution in [3.63, 3.8) is 0 Å². The van der Waals surface area contributed by atoms with Crippen LogP contribution < -0.4 is 5.14 Å². The van der Waals surface area contributed by atoms with Crippen molar-refractivity contribution in [2.75, 3.05) is 0 Å². The lowest BCUT2D eigenvalue weighted by molar-refractivity contribution is 0.501. The van der Waals surface area contributed by atoms with Crippen LogP contribution in [0.25, 0.3) is 0 Å². The molecule has 0 heterocycles. The van der Waals surface area contributed by atoms with E-state index in [2.05, 4.69) is 5.14 Å². The van der Waals surface area contributed by atoms with Gasteiger partial charge in [-0.3, -0.25) is 9.35 Å². The highest BCUT2D eigenvalue weighted by molar-refractivity contribution is 7.81. The number of hydrogen-bond acceptors (Lipinski definition) is 4. The maximum atomic E-state index is 9.99. The quantitative estimate of drug-likeness (QED) is 0.380. The molecular formula is H2F2NO4S2-. The maximum absolute atomic E-state index is 9.99. The zero-order valence-corrected chi connectivity index (χ0v) is 5.42. The smallest absolute Gasteiger partial charge is 0.476 e. The Kier molecular flexibility index (Phi) is 6.12. The predicted molar refractivity (Wildman–Crippen MR) is 24.2 cm³/mol. The lowest BCUT2D eigenvalue weighted by Crippen LogP contribution is -1.97. The monoisotopic (exact) mass is 182 g/mol. The first-order chi connectivity index (χ1) is 3.73. The highest BCUT2D eigenvalue weighted by atomic mass is 32.3. The molecule has 0 spiro atoms. The van der Waals surface area contributed by atoms with Crippen molar-refractivity contribution in [3.8, 4) is 0 Å². The SMILES string of the molecule is NS(=O)[O-].O=S(=O)(F)F. The van der Waals surface area contributed by atoms with E-state index in [9.17, 15) is 7.77 Å². The molecule has 9 heavy (non-hydrogen) atoms. The van der Waals surface area contributed by atoms with Gasteiger partial charge in [0.25, 0.3) is 0 Å². The van der Waals surface area contributed by atoms with Gasteiger partial charge < -0.3 is 4.55 Å². The molecule has 0 aliphatic heterocycles. The minimum Gasteiger partial charge on any atom is -0.760 e. The molecular weight excluding hydrogens is 180 g/mol. The van der Waals surface area contributed by atoms with Gasteiger partial charge in [0.1, 0.15) is 0 Å². The Morgan fingerprint density at radius 2 is 1.44 bits per heavy atom. The molecule has 58 valence electrons. The summed E-state index contributed by atoms with van der Waals surface area (Å²) in [4.78, 5) is 0. The van der Waals surface area contributed by atoms with Gasteiger partial charge in [-0.15, -0.1) is 0 Å². The van der Waals surface area contributed by atoms with E-state index in [-0.39, 0.29) is 0 Å². The summed E-state index contributed by atoms with van der Waals surface area (Å²) in [6.45, 7) is 0. The first-order valence-corrected chi connectivity index (χ1v) is 3.63. The molecule has 0 saturated carbocycles. The van der Waals surface area contributed by atoms with Gasteiger partial charge in [0.2, 0.25) is 0 Å². The Labute approximate surface area is 52.8 Å². The highest BCUT2D eigenvalue weighted by Gasteiger charge is 1.94. The molecule has 0 aliphatic carbocycles. The van der Waals surface area contributed by atoms with E-state index in [1.807, 2.05) is 0 Å². The van der Waals surface area contributed by atoms with Crippen molar-refractivity contribution in [2.45, 2.75) is 0 Å². The molecule has 0 radical (unpaired) electrons. The van der Waals surface area contributed by atoms with Gasteiger partial charge in [-0.05, 0) is 0 Å². The van der Waals surface area contributed by atoms with Crippen LogP contribution in [0.3, 0.4) is 0 Å². The number of nitrogens with two attached hydrogens (primary N) is 1. The third-order valence-electron chi connectivity index (χ3n) is 0. The van der Waals surface area contributed by atoms with Crippen LogP contribution in [-0.2, 0) is 21.9 Å². The summed E-state index contributed by atoms with van der Waals surface area (Å²) < 4.78 is 54.1. The molecule has 1 unspecified atom stereocenters. The van der Waals surface area contributed by atoms with Crippen LogP contribution in [0.5, 0.6) is 0 Å². The Bertz CT molecular complexity index is 159. The summed E-state index contributed by atoms with van der Waals surface area (Å²) in [5.74, 6) is 0. The second-order valence-corrected chi connectivity index (χ2v) is 1.92. The van der Waals surface area contributed by atoms with E-state index < -0.39 is 21.9 Å². The summed E-state index contributed by atoms with van der Waals surface area (Å²) in [7, 11) is -5.67.